The molecule has 3 heterocycles. The Morgan fingerprint density at radius 3 is 1.73 bits per heavy atom. The summed E-state index contributed by atoms with van der Waals surface area (Å²) in [5.74, 6) is 2.46. The van der Waals surface area contributed by atoms with Gasteiger partial charge in [0.25, 0.3) is 0 Å². The van der Waals surface area contributed by atoms with Crippen molar-refractivity contribution in [2.75, 3.05) is 11.6 Å². The summed E-state index contributed by atoms with van der Waals surface area (Å²) in [6.45, 7) is 21.5. The minimum atomic E-state index is -0.671. The van der Waals surface area contributed by atoms with E-state index in [0.717, 1.165) is 39.6 Å². The molecule has 1 atom stereocenters. The van der Waals surface area contributed by atoms with Gasteiger partial charge >= 0.3 is 0 Å². The standard InChI is InChI=1S/C79H68N4O/c1-76(2,3)52-41-42-80-71(46-52)83-66-38-20-16-32-62(66)72-69(83)48-70(74-73(72)61-31-15-19-37-65(61)79(74)63-35-17-13-29-59(63)60-30-14-18-36-64(60)79)84-56-28-23-27-55(47-56)81-49-82(68-40-22-21-39-67(68)81)75-57(50-25-11-10-12-26-50)33-24-34-58(75)51-43-53(77(4,5)6)45-54(44-51)78(7,8)9/h10-48H,49H2,1-9H3/p+1. The van der Waals surface area contributed by atoms with E-state index >= 15 is 0 Å². The predicted octanol–water partition coefficient (Wildman–Crippen LogP) is 19.5. The first-order chi connectivity index (χ1) is 40.6. The zero-order valence-electron chi connectivity index (χ0n) is 49.5. The third-order valence-electron chi connectivity index (χ3n) is 18.3. The predicted molar refractivity (Wildman–Crippen MR) is 349 cm³/mol. The molecule has 0 amide bonds. The van der Waals surface area contributed by atoms with Gasteiger partial charge in [0.05, 0.1) is 22.1 Å². The first-order valence-electron chi connectivity index (χ1n) is 29.8. The fourth-order valence-corrected chi connectivity index (χ4v) is 14.2. The van der Waals surface area contributed by atoms with Crippen molar-refractivity contribution >= 4 is 44.6 Å². The molecule has 15 rings (SSSR count). The second kappa shape index (κ2) is 18.9. The zero-order chi connectivity index (χ0) is 57.4. The Hall–Kier alpha value is -9.29. The molecule has 84 heavy (non-hydrogen) atoms. The second-order valence-corrected chi connectivity index (χ2v) is 26.5. The van der Waals surface area contributed by atoms with Crippen LogP contribution in [0.15, 0.2) is 237 Å². The molecule has 1 unspecified atom stereocenters. The van der Waals surface area contributed by atoms with E-state index in [2.05, 4.69) is 302 Å². The number of hydrogen-bond donors (Lipinski definition) is 1. The highest BCUT2D eigenvalue weighted by molar-refractivity contribution is 6.19. The van der Waals surface area contributed by atoms with Gasteiger partial charge < -0.3 is 4.74 Å². The maximum atomic E-state index is 7.81. The molecule has 10 aromatic carbocycles. The molecule has 5 nitrogen and oxygen atoms in total. The average Bonchev–Trinajstić information content (AvgIpc) is 1.52. The Kier molecular flexibility index (Phi) is 11.6. The van der Waals surface area contributed by atoms with E-state index in [-0.39, 0.29) is 16.2 Å². The molecule has 1 spiro atoms. The highest BCUT2D eigenvalue weighted by atomic mass is 16.5. The molecule has 1 aliphatic heterocycles. The van der Waals surface area contributed by atoms with Crippen molar-refractivity contribution in [3.63, 3.8) is 0 Å². The van der Waals surface area contributed by atoms with Crippen LogP contribution in [0.5, 0.6) is 11.5 Å². The third kappa shape index (κ3) is 7.89. The Labute approximate surface area is 494 Å². The molecule has 2 aromatic heterocycles. The van der Waals surface area contributed by atoms with Crippen molar-refractivity contribution < 1.29 is 9.64 Å². The summed E-state index contributed by atoms with van der Waals surface area (Å²) in [6, 6.07) is 85.9. The van der Waals surface area contributed by atoms with Crippen LogP contribution >= 0.6 is 0 Å². The van der Waals surface area contributed by atoms with Gasteiger partial charge in [-0.1, -0.05) is 226 Å². The number of nitrogens with zero attached hydrogens (tertiary/aromatic N) is 3. The van der Waals surface area contributed by atoms with E-state index in [9.17, 15) is 0 Å². The monoisotopic (exact) mass is 1090 g/mol. The van der Waals surface area contributed by atoms with Crippen LogP contribution in [-0.4, -0.2) is 16.2 Å². The summed E-state index contributed by atoms with van der Waals surface area (Å²) in [4.78, 5) is 8.96. The van der Waals surface area contributed by atoms with Crippen molar-refractivity contribution in [2.24, 2.45) is 0 Å². The van der Waals surface area contributed by atoms with Gasteiger partial charge in [0.2, 0.25) is 0 Å². The number of aromatic nitrogens is 2. The van der Waals surface area contributed by atoms with Crippen molar-refractivity contribution in [3.05, 3.63) is 276 Å². The first kappa shape index (κ1) is 51.6. The number of rotatable bonds is 7. The number of nitrogens with one attached hydrogen (secondary N) is 1. The van der Waals surface area contributed by atoms with Gasteiger partial charge in [0.1, 0.15) is 23.0 Å². The van der Waals surface area contributed by atoms with Gasteiger partial charge in [-0.25, -0.2) is 9.88 Å². The average molecular weight is 1090 g/mol. The molecule has 0 saturated carbocycles. The number of fused-ring (bicyclic) bond motifs is 15. The number of hydrogen-bond acceptors (Lipinski definition) is 3. The van der Waals surface area contributed by atoms with Gasteiger partial charge in [-0.2, -0.15) is 0 Å². The molecule has 0 radical (unpaired) electrons. The lowest BCUT2D eigenvalue weighted by Crippen LogP contribution is -3.02. The van der Waals surface area contributed by atoms with Crippen LogP contribution in [0.25, 0.3) is 72.1 Å². The van der Waals surface area contributed by atoms with Crippen LogP contribution < -0.4 is 14.5 Å². The molecular formula is C79H69N4O+. The first-order valence-corrected chi connectivity index (χ1v) is 29.8. The lowest BCUT2D eigenvalue weighted by atomic mass is 9.70. The lowest BCUT2D eigenvalue weighted by Gasteiger charge is -2.32. The lowest BCUT2D eigenvalue weighted by molar-refractivity contribution is -0.750. The van der Waals surface area contributed by atoms with Crippen molar-refractivity contribution in [1.82, 2.24) is 9.55 Å². The fraction of sp³-hybridized carbons (Fsp3) is 0.177. The minimum Gasteiger partial charge on any atom is -0.457 e. The molecule has 5 heteroatoms. The molecule has 0 saturated heterocycles. The van der Waals surface area contributed by atoms with Gasteiger partial charge in [-0.15, -0.1) is 0 Å². The quantitative estimate of drug-likeness (QED) is 0.173. The second-order valence-electron chi connectivity index (χ2n) is 26.5. The highest BCUT2D eigenvalue weighted by Crippen LogP contribution is 2.67. The van der Waals surface area contributed by atoms with Crippen LogP contribution in [-0.2, 0) is 21.7 Å². The van der Waals surface area contributed by atoms with Crippen molar-refractivity contribution in [1.29, 1.82) is 0 Å². The number of ether oxygens (including phenoxy) is 1. The topological polar surface area (TPSA) is 34.7 Å². The highest BCUT2D eigenvalue weighted by Gasteiger charge is 2.54. The largest absolute Gasteiger partial charge is 0.457 e. The summed E-state index contributed by atoms with van der Waals surface area (Å²) >= 11 is 0. The molecule has 1 N–H and O–H groups in total. The van der Waals surface area contributed by atoms with E-state index in [4.69, 9.17) is 9.72 Å². The zero-order valence-corrected chi connectivity index (χ0v) is 49.5. The summed E-state index contributed by atoms with van der Waals surface area (Å²) in [5, 5.41) is 2.38. The van der Waals surface area contributed by atoms with Crippen LogP contribution in [0.1, 0.15) is 101 Å². The maximum Gasteiger partial charge on any atom is 0.167 e. The van der Waals surface area contributed by atoms with Crippen LogP contribution in [0.4, 0.5) is 22.7 Å². The van der Waals surface area contributed by atoms with Crippen LogP contribution in [0.3, 0.4) is 0 Å². The summed E-state index contributed by atoms with van der Waals surface area (Å²) < 4.78 is 10.2. The summed E-state index contributed by atoms with van der Waals surface area (Å²) in [5.41, 5.74) is 24.7. The Morgan fingerprint density at radius 1 is 0.464 bits per heavy atom. The molecule has 2 aliphatic carbocycles. The SMILES string of the molecule is CC(C)(C)c1cc(-c2cccc(-c3ccccc3)c2[NH+]2CN(c3cccc(Oc4cc5c(c6c4C4(c7ccccc7-c7ccccc74)c4ccccc4-6)c4ccccc4n5-c4cc(C(C)(C)C)ccn4)c3)c3ccccc32)cc(C(C)(C)C)c1. The Morgan fingerprint density at radius 2 is 1.04 bits per heavy atom. The maximum absolute atomic E-state index is 7.81. The van der Waals surface area contributed by atoms with E-state index in [1.807, 2.05) is 6.20 Å². The van der Waals surface area contributed by atoms with Gasteiger partial charge in [-0.05, 0) is 126 Å². The van der Waals surface area contributed by atoms with Gasteiger partial charge in [0.15, 0.2) is 18.0 Å². The van der Waals surface area contributed by atoms with E-state index < -0.39 is 5.41 Å². The van der Waals surface area contributed by atoms with Crippen molar-refractivity contribution in [2.45, 2.75) is 84.0 Å². The van der Waals surface area contributed by atoms with Crippen LogP contribution in [0.2, 0.25) is 0 Å². The Bertz CT molecular complexity index is 4560. The van der Waals surface area contributed by atoms with E-state index in [1.165, 1.54) is 111 Å². The number of benzene rings is 10. The molecule has 3 aliphatic rings. The number of anilines is 2. The van der Waals surface area contributed by atoms with Gasteiger partial charge in [-0.3, -0.25) is 9.47 Å². The number of pyridine rings is 1. The summed E-state index contributed by atoms with van der Waals surface area (Å²) in [7, 11) is 0. The number of quaternary nitrogens is 1. The minimum absolute atomic E-state index is 0.0413. The molecule has 12 aromatic rings. The molecule has 0 fully saturated rings. The normalized spacial score (nSPS) is 14.9. The summed E-state index contributed by atoms with van der Waals surface area (Å²) in [6.07, 6.45) is 1.97. The molecular weight excluding hydrogens is 1020 g/mol. The van der Waals surface area contributed by atoms with Gasteiger partial charge in [0, 0.05) is 57.4 Å². The van der Waals surface area contributed by atoms with Crippen LogP contribution in [0, 0.1) is 0 Å². The molecule has 410 valence electrons. The molecule has 0 bridgehead atoms. The fourth-order valence-electron chi connectivity index (χ4n) is 14.2. The van der Waals surface area contributed by atoms with Crippen molar-refractivity contribution in [3.8, 4) is 61.8 Å². The van der Waals surface area contributed by atoms with E-state index in [0.29, 0.717) is 6.67 Å². The third-order valence-corrected chi connectivity index (χ3v) is 18.3. The van der Waals surface area contributed by atoms with E-state index in [1.54, 1.807) is 0 Å². The smallest absolute Gasteiger partial charge is 0.167 e. The Balaban J connectivity index is 0.937. The number of para-hydroxylation sites is 4.